The minimum Gasteiger partial charge on any atom is -0.462 e. The molecule has 0 aromatic heterocycles. The standard InChI is InChI=1S/C29H48O4.C27H40O6.C27H44O4/c1-4-7-8-9-10-11-12-13-14-15-16-17-18-19-20-21-22-23-29(30)33-28(26-31-24-5-2)27-32-25-6-3;1-4-5-6-7-8-9-10-11-12-13-14-15-16-17-18-19-20-21-27(30)33-26(22-31-24(2)28)23-32-25(3)29;1-4-7-8-9-10-11-12-13-14-15-16-17-18-19-20-21-22-23-27(28)31-26(24-29-5-2)25-30-6-3/h14-23,28H,4-13,24-27H2,1-3H3;12-21,26H,4-11,22-23H2,1-3H3;14-23,26H,4-13,24-25H2,1-3H3/b15-14+,17-16+,19-18+,21-20+,23-22+;13-12+,15-14+,17-16+,19-18+,21-20+;15-14+,17-16+,19-18+,21-20+,23-22+. The molecule has 0 unspecified atom stereocenters. The van der Waals surface area contributed by atoms with Crippen LogP contribution in [0.15, 0.2) is 182 Å². The van der Waals surface area contributed by atoms with Gasteiger partial charge in [-0.25, -0.2) is 14.4 Å². The van der Waals surface area contributed by atoms with Gasteiger partial charge in [-0.1, -0.05) is 314 Å². The van der Waals surface area contributed by atoms with Gasteiger partial charge in [0, 0.05) is 58.5 Å². The van der Waals surface area contributed by atoms with E-state index < -0.39 is 30.0 Å². The Bertz CT molecular complexity index is 2270. The summed E-state index contributed by atoms with van der Waals surface area (Å²) in [7, 11) is 0. The summed E-state index contributed by atoms with van der Waals surface area (Å²) in [5.41, 5.74) is 0. The van der Waals surface area contributed by atoms with E-state index in [1.165, 1.54) is 173 Å². The summed E-state index contributed by atoms with van der Waals surface area (Å²) in [6.07, 6.45) is 88.0. The molecule has 14 heteroatoms. The van der Waals surface area contributed by atoms with Crippen molar-refractivity contribution in [3.05, 3.63) is 182 Å². The molecule has 0 aromatic rings. The molecule has 0 bridgehead atoms. The highest BCUT2D eigenvalue weighted by molar-refractivity contribution is 5.83. The molecule has 548 valence electrons. The highest BCUT2D eigenvalue weighted by Gasteiger charge is 2.17. The Hall–Kier alpha value is -6.71. The van der Waals surface area contributed by atoms with Crippen LogP contribution < -0.4 is 0 Å². The van der Waals surface area contributed by atoms with E-state index in [1.54, 1.807) is 36.5 Å². The average Bonchev–Trinajstić information content (AvgIpc) is 2.97. The lowest BCUT2D eigenvalue weighted by Crippen LogP contribution is -2.29. The van der Waals surface area contributed by atoms with Crippen LogP contribution in [0.2, 0.25) is 0 Å². The molecule has 0 spiro atoms. The normalized spacial score (nSPS) is 12.5. The van der Waals surface area contributed by atoms with Crippen LogP contribution >= 0.6 is 0 Å². The summed E-state index contributed by atoms with van der Waals surface area (Å²) >= 11 is 0. The Morgan fingerprint density at radius 1 is 0.258 bits per heavy atom. The first-order chi connectivity index (χ1) is 47.4. The van der Waals surface area contributed by atoms with Crippen molar-refractivity contribution in [3.8, 4) is 0 Å². The highest BCUT2D eigenvalue weighted by Crippen LogP contribution is 2.12. The van der Waals surface area contributed by atoms with Crippen LogP contribution in [-0.2, 0) is 66.6 Å². The minimum absolute atomic E-state index is 0.180. The second-order valence-corrected chi connectivity index (χ2v) is 22.8. The molecule has 0 amide bonds. The van der Waals surface area contributed by atoms with Crippen LogP contribution in [0.25, 0.3) is 0 Å². The number of allylic oxidation sites excluding steroid dienone is 27. The molecule has 0 saturated carbocycles. The lowest BCUT2D eigenvalue weighted by atomic mass is 10.1. The summed E-state index contributed by atoms with van der Waals surface area (Å²) in [6, 6.07) is 0. The number of hydrogen-bond acceptors (Lipinski definition) is 14. The predicted octanol–water partition coefficient (Wildman–Crippen LogP) is 20.5. The van der Waals surface area contributed by atoms with Crippen molar-refractivity contribution in [2.75, 3.05) is 66.1 Å². The molecule has 0 rings (SSSR count). The largest absolute Gasteiger partial charge is 0.462 e. The van der Waals surface area contributed by atoms with Crippen LogP contribution in [0.1, 0.15) is 229 Å². The van der Waals surface area contributed by atoms with Gasteiger partial charge in [-0.3, -0.25) is 9.59 Å². The van der Waals surface area contributed by atoms with Gasteiger partial charge in [0.05, 0.1) is 26.4 Å². The van der Waals surface area contributed by atoms with E-state index in [0.29, 0.717) is 52.9 Å². The van der Waals surface area contributed by atoms with Gasteiger partial charge in [0.1, 0.15) is 25.4 Å². The second kappa shape index (κ2) is 81.7. The molecule has 97 heavy (non-hydrogen) atoms. The van der Waals surface area contributed by atoms with Crippen molar-refractivity contribution in [2.24, 2.45) is 0 Å². The number of ether oxygens (including phenoxy) is 9. The summed E-state index contributed by atoms with van der Waals surface area (Å²) in [6.45, 7) is 20.6. The molecular formula is C83H132O14. The van der Waals surface area contributed by atoms with Crippen molar-refractivity contribution in [3.63, 3.8) is 0 Å². The Morgan fingerprint density at radius 3 is 0.732 bits per heavy atom. The average molecular weight is 1350 g/mol. The summed E-state index contributed by atoms with van der Waals surface area (Å²) in [5, 5.41) is 0. The molecule has 0 fully saturated rings. The van der Waals surface area contributed by atoms with E-state index >= 15 is 0 Å². The van der Waals surface area contributed by atoms with Gasteiger partial charge in [0.25, 0.3) is 0 Å². The maximum atomic E-state index is 12.0. The predicted molar refractivity (Wildman–Crippen MR) is 403 cm³/mol. The molecule has 0 radical (unpaired) electrons. The summed E-state index contributed by atoms with van der Waals surface area (Å²) in [4.78, 5) is 57.5. The highest BCUT2D eigenvalue weighted by atomic mass is 16.6. The third-order valence-electron chi connectivity index (χ3n) is 13.5. The number of unbranched alkanes of at least 4 members (excludes halogenated alkanes) is 21. The van der Waals surface area contributed by atoms with Crippen LogP contribution in [0.4, 0.5) is 0 Å². The lowest BCUT2D eigenvalue weighted by Gasteiger charge is -2.17. The van der Waals surface area contributed by atoms with Gasteiger partial charge in [-0.05, 0) is 65.2 Å². The Morgan fingerprint density at radius 2 is 0.485 bits per heavy atom. The molecule has 0 atom stereocenters. The molecule has 0 aliphatic carbocycles. The van der Waals surface area contributed by atoms with E-state index in [2.05, 4.69) is 57.2 Å². The van der Waals surface area contributed by atoms with Crippen molar-refractivity contribution >= 4 is 29.8 Å². The summed E-state index contributed by atoms with van der Waals surface area (Å²) < 4.78 is 47.1. The molecular weight excluding hydrogens is 1220 g/mol. The molecule has 0 aromatic carbocycles. The monoisotopic (exact) mass is 1350 g/mol. The van der Waals surface area contributed by atoms with Crippen LogP contribution in [0, 0.1) is 0 Å². The molecule has 14 nitrogen and oxygen atoms in total. The Balaban J connectivity index is -0.00000137. The number of carbonyl (C=O) groups excluding carboxylic acids is 5. The smallest absolute Gasteiger partial charge is 0.331 e. The van der Waals surface area contributed by atoms with Gasteiger partial charge in [-0.15, -0.1) is 0 Å². The number of carbonyl (C=O) groups is 5. The SMILES string of the molecule is CCCCCCCCC/C=C/C=C/C=C/C=C/C=C/C(=O)OC(COC(C)=O)COC(C)=O.CCCCCCCCC/C=C/C=C/C=C/C=C/C=C/C(=O)OC(COCC)COCC.CCCCCCCCC/C=C/C=C/C=C/C=C/C=C/C(=O)OC(COCCC)COCCC. The fraction of sp³-hybridized carbons (Fsp3) is 0.578. The molecule has 0 aliphatic rings. The number of hydrogen-bond donors (Lipinski definition) is 0. The Labute approximate surface area is 589 Å². The zero-order chi connectivity index (χ0) is 71.7. The van der Waals surface area contributed by atoms with E-state index in [-0.39, 0.29) is 31.4 Å². The van der Waals surface area contributed by atoms with Crippen LogP contribution in [0.5, 0.6) is 0 Å². The fourth-order valence-corrected chi connectivity index (χ4v) is 8.34. The molecule has 0 N–H and O–H groups in total. The topological polar surface area (TPSA) is 168 Å². The quantitative estimate of drug-likeness (QED) is 0.0185. The van der Waals surface area contributed by atoms with Crippen molar-refractivity contribution in [1.82, 2.24) is 0 Å². The van der Waals surface area contributed by atoms with Crippen molar-refractivity contribution in [1.29, 1.82) is 0 Å². The zero-order valence-electron chi connectivity index (χ0n) is 61.7. The van der Waals surface area contributed by atoms with E-state index in [1.807, 2.05) is 113 Å². The number of esters is 5. The first-order valence-corrected chi connectivity index (χ1v) is 36.6. The first-order valence-electron chi connectivity index (χ1n) is 36.6. The van der Waals surface area contributed by atoms with Crippen LogP contribution in [0.3, 0.4) is 0 Å². The van der Waals surface area contributed by atoms with E-state index in [9.17, 15) is 24.0 Å². The number of rotatable bonds is 60. The zero-order valence-corrected chi connectivity index (χ0v) is 61.7. The van der Waals surface area contributed by atoms with Gasteiger partial charge >= 0.3 is 29.8 Å². The van der Waals surface area contributed by atoms with Gasteiger partial charge < -0.3 is 42.6 Å². The summed E-state index contributed by atoms with van der Waals surface area (Å²) in [5.74, 6) is -2.44. The van der Waals surface area contributed by atoms with Crippen LogP contribution in [-0.4, -0.2) is 114 Å². The molecule has 0 aliphatic heterocycles. The fourth-order valence-electron chi connectivity index (χ4n) is 8.34. The molecule has 0 saturated heterocycles. The van der Waals surface area contributed by atoms with Crippen molar-refractivity contribution < 1.29 is 66.6 Å². The maximum Gasteiger partial charge on any atom is 0.331 e. The van der Waals surface area contributed by atoms with Gasteiger partial charge in [-0.2, -0.15) is 0 Å². The van der Waals surface area contributed by atoms with E-state index in [4.69, 9.17) is 42.6 Å². The van der Waals surface area contributed by atoms with E-state index in [0.717, 1.165) is 32.1 Å². The third-order valence-corrected chi connectivity index (χ3v) is 13.5. The van der Waals surface area contributed by atoms with Gasteiger partial charge in [0.15, 0.2) is 6.10 Å². The second-order valence-electron chi connectivity index (χ2n) is 22.8. The lowest BCUT2D eigenvalue weighted by molar-refractivity contribution is -0.162. The Kier molecular flexibility index (Phi) is 79.6. The molecule has 0 heterocycles. The third kappa shape index (κ3) is 83.5. The minimum atomic E-state index is -0.859. The van der Waals surface area contributed by atoms with Gasteiger partial charge in [0.2, 0.25) is 0 Å². The first kappa shape index (κ1) is 94.5. The van der Waals surface area contributed by atoms with Crippen molar-refractivity contribution in [2.45, 2.75) is 248 Å². The maximum absolute atomic E-state index is 12.0.